The molecule has 15 heavy (non-hydrogen) atoms. The Hall–Kier alpha value is -2.86. The van der Waals surface area contributed by atoms with Crippen molar-refractivity contribution in [3.63, 3.8) is 0 Å². The Morgan fingerprint density at radius 1 is 1.20 bits per heavy atom. The molecule has 0 aliphatic carbocycles. The van der Waals surface area contributed by atoms with Gasteiger partial charge in [-0.1, -0.05) is 10.2 Å². The number of nitro groups is 1. The normalized spacial score (nSPS) is 9.87. The number of nitrogens with one attached hydrogen (secondary N) is 3. The molecule has 0 aliphatic rings. The first-order chi connectivity index (χ1) is 7.27. The van der Waals surface area contributed by atoms with Gasteiger partial charge in [-0.15, -0.1) is 15.2 Å². The van der Waals surface area contributed by atoms with Gasteiger partial charge >= 0.3 is 0 Å². The molecule has 13 heteroatoms. The number of aromatic nitrogens is 8. The van der Waals surface area contributed by atoms with Gasteiger partial charge in [-0.05, 0) is 16.0 Å². The highest BCUT2D eigenvalue weighted by atomic mass is 16.7. The van der Waals surface area contributed by atoms with Gasteiger partial charge in [0, 0.05) is 0 Å². The van der Waals surface area contributed by atoms with E-state index in [0.29, 0.717) is 0 Å². The molecule has 0 atom stereocenters. The molecule has 2 rings (SSSR count). The zero-order chi connectivity index (χ0) is 10.7. The van der Waals surface area contributed by atoms with E-state index in [2.05, 4.69) is 41.2 Å². The molecule has 2 heterocycles. The summed E-state index contributed by atoms with van der Waals surface area (Å²) in [5.74, 6) is -0.235. The Morgan fingerprint density at radius 2 is 1.73 bits per heavy atom. The molecule has 0 bridgehead atoms. The van der Waals surface area contributed by atoms with Crippen LogP contribution in [0, 0.1) is 10.1 Å². The lowest BCUT2D eigenvalue weighted by Gasteiger charge is -2.09. The van der Waals surface area contributed by atoms with Gasteiger partial charge in [-0.25, -0.2) is 10.1 Å². The minimum absolute atomic E-state index is 0.117. The SMILES string of the molecule is O=[N+]([O-])NN(c1nn[nH]n1)c1nn[nH]n1. The van der Waals surface area contributed by atoms with E-state index in [1.165, 1.54) is 0 Å². The van der Waals surface area contributed by atoms with Crippen LogP contribution in [0.3, 0.4) is 0 Å². The molecule has 13 nitrogen and oxygen atoms in total. The van der Waals surface area contributed by atoms with Crippen molar-refractivity contribution in [2.24, 2.45) is 0 Å². The molecule has 0 radical (unpaired) electrons. The topological polar surface area (TPSA) is 167 Å². The van der Waals surface area contributed by atoms with Gasteiger partial charge in [-0.3, -0.25) is 0 Å². The molecule has 0 aliphatic heterocycles. The summed E-state index contributed by atoms with van der Waals surface area (Å²) in [4.78, 5) is 10.3. The van der Waals surface area contributed by atoms with Crippen LogP contribution in [-0.4, -0.2) is 46.3 Å². The van der Waals surface area contributed by atoms with Crippen molar-refractivity contribution in [3.05, 3.63) is 10.1 Å². The summed E-state index contributed by atoms with van der Waals surface area (Å²) < 4.78 is 0. The molecule has 78 valence electrons. The van der Waals surface area contributed by atoms with Crippen LogP contribution < -0.4 is 10.5 Å². The molecule has 2 aromatic rings. The molecular formula is C2H3N11O2. The van der Waals surface area contributed by atoms with Crippen molar-refractivity contribution in [2.75, 3.05) is 5.01 Å². The molecule has 0 spiro atoms. The summed E-state index contributed by atoms with van der Waals surface area (Å²) in [6.45, 7) is 0. The molecule has 3 N–H and O–H groups in total. The van der Waals surface area contributed by atoms with Crippen molar-refractivity contribution in [3.8, 4) is 0 Å². The van der Waals surface area contributed by atoms with E-state index in [1.807, 2.05) is 0 Å². The summed E-state index contributed by atoms with van der Waals surface area (Å²) in [5, 5.41) is 35.0. The maximum atomic E-state index is 10.3. The van der Waals surface area contributed by atoms with Crippen LogP contribution in [0.15, 0.2) is 0 Å². The minimum atomic E-state index is -0.827. The largest absolute Gasteiger partial charge is 0.295 e. The third-order valence-corrected chi connectivity index (χ3v) is 1.25. The van der Waals surface area contributed by atoms with E-state index in [1.54, 1.807) is 5.53 Å². The van der Waals surface area contributed by atoms with E-state index < -0.39 is 5.03 Å². The summed E-state index contributed by atoms with van der Waals surface area (Å²) in [6, 6.07) is 0. The number of aromatic amines is 2. The molecule has 0 amide bonds. The fourth-order valence-electron chi connectivity index (χ4n) is 0.763. The minimum Gasteiger partial charge on any atom is -0.233 e. The molecule has 0 unspecified atom stereocenters. The van der Waals surface area contributed by atoms with Crippen molar-refractivity contribution >= 4 is 11.9 Å². The molecule has 2 aromatic heterocycles. The fraction of sp³-hybridized carbons (Fsp3) is 0. The predicted molar refractivity (Wildman–Crippen MR) is 40.6 cm³/mol. The van der Waals surface area contributed by atoms with Gasteiger partial charge in [-0.2, -0.15) is 10.4 Å². The van der Waals surface area contributed by atoms with E-state index in [-0.39, 0.29) is 11.9 Å². The van der Waals surface area contributed by atoms with Gasteiger partial charge in [0.25, 0.3) is 11.9 Å². The van der Waals surface area contributed by atoms with E-state index in [9.17, 15) is 10.1 Å². The van der Waals surface area contributed by atoms with Gasteiger partial charge in [0.05, 0.1) is 0 Å². The standard InChI is InChI=1S/C2H3N11O2/c14-13(15)11-12(1-3-7-8-4-1)2-5-9-10-6-2/h11H,(H,3,4,7,8)(H,5,6,9,10). The van der Waals surface area contributed by atoms with Crippen LogP contribution in [0.1, 0.15) is 0 Å². The van der Waals surface area contributed by atoms with Gasteiger partial charge in [0.1, 0.15) is 0 Å². The Morgan fingerprint density at radius 3 is 2.07 bits per heavy atom. The van der Waals surface area contributed by atoms with E-state index >= 15 is 0 Å². The fourth-order valence-corrected chi connectivity index (χ4v) is 0.763. The number of nitrogens with zero attached hydrogens (tertiary/aromatic N) is 8. The molecule has 0 saturated carbocycles. The Bertz CT molecular complexity index is 383. The summed E-state index contributed by atoms with van der Waals surface area (Å²) in [5.41, 5.74) is 1.77. The average Bonchev–Trinajstić information content (AvgIpc) is 2.87. The molecule has 0 aromatic carbocycles. The Kier molecular flexibility index (Phi) is 2.02. The van der Waals surface area contributed by atoms with Crippen LogP contribution >= 0.6 is 0 Å². The van der Waals surface area contributed by atoms with Crippen molar-refractivity contribution < 1.29 is 5.03 Å². The Balaban J connectivity index is 2.29. The number of hydrazine groups is 2. The lowest BCUT2D eigenvalue weighted by atomic mass is 10.9. The molecule has 0 saturated heterocycles. The van der Waals surface area contributed by atoms with Crippen LogP contribution in [0.2, 0.25) is 0 Å². The van der Waals surface area contributed by atoms with Crippen LogP contribution in [0.4, 0.5) is 11.9 Å². The van der Waals surface area contributed by atoms with Crippen LogP contribution in [0.5, 0.6) is 0 Å². The maximum Gasteiger partial charge on any atom is 0.295 e. The van der Waals surface area contributed by atoms with Gasteiger partial charge in [0.2, 0.25) is 0 Å². The second-order valence-corrected chi connectivity index (χ2v) is 2.12. The Labute approximate surface area is 79.9 Å². The van der Waals surface area contributed by atoms with Gasteiger partial charge < -0.3 is 0 Å². The second kappa shape index (κ2) is 3.48. The number of tetrazole rings is 2. The first kappa shape index (κ1) is 8.73. The number of hydrogen-bond acceptors (Lipinski definition) is 9. The monoisotopic (exact) mass is 213 g/mol. The highest BCUT2D eigenvalue weighted by Crippen LogP contribution is 2.10. The lowest BCUT2D eigenvalue weighted by molar-refractivity contribution is -0.544. The zero-order valence-corrected chi connectivity index (χ0v) is 6.89. The predicted octanol–water partition coefficient (Wildman–Crippen LogP) is -2.45. The highest BCUT2D eigenvalue weighted by molar-refractivity contribution is 5.41. The summed E-state index contributed by atoms with van der Waals surface area (Å²) in [7, 11) is 0. The highest BCUT2D eigenvalue weighted by Gasteiger charge is 2.21. The molecular weight excluding hydrogens is 210 g/mol. The van der Waals surface area contributed by atoms with Crippen molar-refractivity contribution in [1.29, 1.82) is 0 Å². The number of rotatable bonds is 4. The number of H-pyrrole nitrogens is 2. The lowest BCUT2D eigenvalue weighted by Crippen LogP contribution is -2.39. The zero-order valence-electron chi connectivity index (χ0n) is 6.89. The average molecular weight is 213 g/mol. The summed E-state index contributed by atoms with van der Waals surface area (Å²) in [6.07, 6.45) is 0. The molecule has 0 fully saturated rings. The first-order valence-corrected chi connectivity index (χ1v) is 3.45. The number of hydrogen-bond donors (Lipinski definition) is 3. The quantitative estimate of drug-likeness (QED) is 0.366. The van der Waals surface area contributed by atoms with Crippen molar-refractivity contribution in [1.82, 2.24) is 46.8 Å². The van der Waals surface area contributed by atoms with Crippen molar-refractivity contribution in [2.45, 2.75) is 0 Å². The summed E-state index contributed by atoms with van der Waals surface area (Å²) >= 11 is 0. The third kappa shape index (κ3) is 1.74. The first-order valence-electron chi connectivity index (χ1n) is 3.45. The second-order valence-electron chi connectivity index (χ2n) is 2.12. The van der Waals surface area contributed by atoms with Crippen LogP contribution in [0.25, 0.3) is 0 Å². The smallest absolute Gasteiger partial charge is 0.233 e. The number of anilines is 2. The third-order valence-electron chi connectivity index (χ3n) is 1.25. The van der Waals surface area contributed by atoms with Gasteiger partial charge in [0.15, 0.2) is 5.03 Å². The maximum absolute atomic E-state index is 10.3. The van der Waals surface area contributed by atoms with E-state index in [0.717, 1.165) is 5.01 Å². The van der Waals surface area contributed by atoms with E-state index in [4.69, 9.17) is 0 Å². The van der Waals surface area contributed by atoms with Crippen LogP contribution in [-0.2, 0) is 0 Å².